The predicted octanol–water partition coefficient (Wildman–Crippen LogP) is 4.46. The van der Waals surface area contributed by atoms with Gasteiger partial charge in [-0.25, -0.2) is 4.39 Å². The van der Waals surface area contributed by atoms with E-state index in [-0.39, 0.29) is 24.3 Å². The molecule has 1 aliphatic heterocycles. The molecule has 1 N–H and O–H groups in total. The van der Waals surface area contributed by atoms with Crippen molar-refractivity contribution in [1.29, 1.82) is 0 Å². The summed E-state index contributed by atoms with van der Waals surface area (Å²) in [6, 6.07) is 6.20. The van der Waals surface area contributed by atoms with Crippen molar-refractivity contribution in [1.82, 2.24) is 0 Å². The molecule has 0 radical (unpaired) electrons. The number of carbonyl (C=O) groups is 1. The topological polar surface area (TPSA) is 47.6 Å². The molecule has 140 valence electrons. The van der Waals surface area contributed by atoms with Gasteiger partial charge in [-0.1, -0.05) is 18.2 Å². The Morgan fingerprint density at radius 1 is 1.38 bits per heavy atom. The van der Waals surface area contributed by atoms with Gasteiger partial charge in [0.15, 0.2) is 0 Å². The summed E-state index contributed by atoms with van der Waals surface area (Å²) < 4.78 is 25.1. The fourth-order valence-corrected chi connectivity index (χ4v) is 3.42. The van der Waals surface area contributed by atoms with Crippen molar-refractivity contribution in [2.75, 3.05) is 18.5 Å². The number of nitrogens with one attached hydrogen (secondary N) is 1. The van der Waals surface area contributed by atoms with Crippen LogP contribution in [0, 0.1) is 0 Å². The Bertz CT molecular complexity index is 711. The van der Waals surface area contributed by atoms with E-state index in [1.807, 2.05) is 12.1 Å². The number of ether oxygens (including phenoxy) is 2. The highest BCUT2D eigenvalue weighted by atomic mass is 19.1. The highest BCUT2D eigenvalue weighted by Gasteiger charge is 2.19. The highest BCUT2D eigenvalue weighted by Crippen LogP contribution is 2.28. The summed E-state index contributed by atoms with van der Waals surface area (Å²) in [5, 5.41) is 3.41. The molecule has 0 amide bonds. The molecule has 0 aromatic heterocycles. The standard InChI is InChI=1S/C21H26FNO3/c1-2-25-21(24)11-9-15-8-10-17(13-19(15)22)26-14-16-5-3-7-20-18(16)6-4-12-23-20/h3,5,7-8,13,17,23H,2,4,6,9-12,14H2,1H3. The van der Waals surface area contributed by atoms with Crippen LogP contribution in [0.4, 0.5) is 10.1 Å². The summed E-state index contributed by atoms with van der Waals surface area (Å²) >= 11 is 0. The third-order valence-corrected chi connectivity index (χ3v) is 4.78. The van der Waals surface area contributed by atoms with E-state index in [2.05, 4.69) is 17.4 Å². The molecule has 5 heteroatoms. The van der Waals surface area contributed by atoms with E-state index < -0.39 is 0 Å². The Hall–Kier alpha value is -2.14. The van der Waals surface area contributed by atoms with Crippen LogP contribution in [0.5, 0.6) is 0 Å². The molecule has 26 heavy (non-hydrogen) atoms. The maximum Gasteiger partial charge on any atom is 0.306 e. The third-order valence-electron chi connectivity index (χ3n) is 4.78. The Balaban J connectivity index is 1.53. The van der Waals surface area contributed by atoms with Gasteiger partial charge in [0.05, 0.1) is 19.3 Å². The summed E-state index contributed by atoms with van der Waals surface area (Å²) in [4.78, 5) is 11.4. The number of rotatable bonds is 7. The molecule has 1 aromatic carbocycles. The SMILES string of the molecule is CCOC(=O)CCC1=CCC(OCc2cccc3c2CCCN3)C=C1F. The average molecular weight is 359 g/mol. The molecule has 0 saturated carbocycles. The van der Waals surface area contributed by atoms with E-state index in [0.29, 0.717) is 31.6 Å². The van der Waals surface area contributed by atoms with E-state index >= 15 is 0 Å². The van der Waals surface area contributed by atoms with Crippen LogP contribution >= 0.6 is 0 Å². The summed E-state index contributed by atoms with van der Waals surface area (Å²) in [7, 11) is 0. The second-order valence-corrected chi connectivity index (χ2v) is 6.61. The van der Waals surface area contributed by atoms with E-state index in [9.17, 15) is 9.18 Å². The minimum Gasteiger partial charge on any atom is -0.466 e. The molecule has 1 heterocycles. The predicted molar refractivity (Wildman–Crippen MR) is 99.6 cm³/mol. The molecule has 4 nitrogen and oxygen atoms in total. The molecule has 0 fully saturated rings. The Kier molecular flexibility index (Phi) is 6.45. The first-order valence-electron chi connectivity index (χ1n) is 9.36. The first-order valence-corrected chi connectivity index (χ1v) is 9.36. The van der Waals surface area contributed by atoms with Gasteiger partial charge >= 0.3 is 5.97 Å². The van der Waals surface area contributed by atoms with Crippen molar-refractivity contribution < 1.29 is 18.7 Å². The molecule has 0 bridgehead atoms. The fraction of sp³-hybridized carbons (Fsp3) is 0.476. The molecule has 0 spiro atoms. The van der Waals surface area contributed by atoms with Gasteiger partial charge in [-0.15, -0.1) is 0 Å². The first-order chi connectivity index (χ1) is 12.7. The van der Waals surface area contributed by atoms with Crippen LogP contribution in [-0.2, 0) is 27.3 Å². The number of esters is 1. The molecule has 1 aliphatic carbocycles. The highest BCUT2D eigenvalue weighted by molar-refractivity contribution is 5.69. The number of hydrogen-bond donors (Lipinski definition) is 1. The Morgan fingerprint density at radius 2 is 2.27 bits per heavy atom. The lowest BCUT2D eigenvalue weighted by molar-refractivity contribution is -0.143. The van der Waals surface area contributed by atoms with Crippen molar-refractivity contribution in [2.24, 2.45) is 0 Å². The molecule has 1 atom stereocenters. The molecule has 2 aliphatic rings. The van der Waals surface area contributed by atoms with E-state index in [1.54, 1.807) is 6.92 Å². The van der Waals surface area contributed by atoms with Crippen molar-refractivity contribution >= 4 is 11.7 Å². The third kappa shape index (κ3) is 4.73. The van der Waals surface area contributed by atoms with E-state index in [1.165, 1.54) is 22.9 Å². The largest absolute Gasteiger partial charge is 0.466 e. The van der Waals surface area contributed by atoms with Gasteiger partial charge in [-0.3, -0.25) is 4.79 Å². The van der Waals surface area contributed by atoms with Crippen LogP contribution < -0.4 is 5.32 Å². The van der Waals surface area contributed by atoms with Crippen LogP contribution in [0.3, 0.4) is 0 Å². The number of benzene rings is 1. The summed E-state index contributed by atoms with van der Waals surface area (Å²) in [5.41, 5.74) is 4.23. The molecule has 1 aromatic rings. The lowest BCUT2D eigenvalue weighted by Crippen LogP contribution is -2.17. The van der Waals surface area contributed by atoms with E-state index in [0.717, 1.165) is 19.4 Å². The number of carbonyl (C=O) groups excluding carboxylic acids is 1. The molecule has 0 saturated heterocycles. The lowest BCUT2D eigenvalue weighted by Gasteiger charge is -2.23. The number of allylic oxidation sites excluding steroid dienone is 2. The maximum atomic E-state index is 14.3. The van der Waals surface area contributed by atoms with Crippen molar-refractivity contribution in [3.8, 4) is 0 Å². The lowest BCUT2D eigenvalue weighted by atomic mass is 9.97. The zero-order valence-corrected chi connectivity index (χ0v) is 15.2. The smallest absolute Gasteiger partial charge is 0.306 e. The van der Waals surface area contributed by atoms with Crippen LogP contribution in [0.2, 0.25) is 0 Å². The summed E-state index contributed by atoms with van der Waals surface area (Å²) in [6.07, 6.45) is 6.45. The van der Waals surface area contributed by atoms with Gasteiger partial charge < -0.3 is 14.8 Å². The Labute approximate surface area is 154 Å². The molecule has 3 rings (SSSR count). The van der Waals surface area contributed by atoms with Gasteiger partial charge in [0.2, 0.25) is 0 Å². The molecular weight excluding hydrogens is 333 g/mol. The molecular formula is C21H26FNO3. The van der Waals surface area contributed by atoms with Crippen molar-refractivity contribution in [3.63, 3.8) is 0 Å². The Morgan fingerprint density at radius 3 is 3.08 bits per heavy atom. The first kappa shape index (κ1) is 18.6. The number of anilines is 1. The fourth-order valence-electron chi connectivity index (χ4n) is 3.42. The quantitative estimate of drug-likeness (QED) is 0.731. The van der Waals surface area contributed by atoms with Crippen molar-refractivity contribution in [3.05, 3.63) is 52.9 Å². The van der Waals surface area contributed by atoms with Crippen LogP contribution in [0.15, 0.2) is 41.8 Å². The number of fused-ring (bicyclic) bond motifs is 1. The number of hydrogen-bond acceptors (Lipinski definition) is 4. The normalized spacial score (nSPS) is 19.1. The van der Waals surface area contributed by atoms with Gasteiger partial charge in [0.1, 0.15) is 5.83 Å². The zero-order chi connectivity index (χ0) is 18.4. The maximum absolute atomic E-state index is 14.3. The average Bonchev–Trinajstić information content (AvgIpc) is 2.66. The van der Waals surface area contributed by atoms with Gasteiger partial charge in [-0.05, 0) is 61.4 Å². The second-order valence-electron chi connectivity index (χ2n) is 6.61. The van der Waals surface area contributed by atoms with Crippen LogP contribution in [0.1, 0.15) is 43.7 Å². The zero-order valence-electron chi connectivity index (χ0n) is 15.2. The van der Waals surface area contributed by atoms with Crippen molar-refractivity contribution in [2.45, 2.75) is 51.7 Å². The van der Waals surface area contributed by atoms with Gasteiger partial charge in [-0.2, -0.15) is 0 Å². The summed E-state index contributed by atoms with van der Waals surface area (Å²) in [5.74, 6) is -0.579. The minimum absolute atomic E-state index is 0.204. The second kappa shape index (κ2) is 8.99. The van der Waals surface area contributed by atoms with Crippen LogP contribution in [-0.4, -0.2) is 25.2 Å². The number of halogens is 1. The monoisotopic (exact) mass is 359 g/mol. The minimum atomic E-state index is -0.290. The van der Waals surface area contributed by atoms with E-state index in [4.69, 9.17) is 9.47 Å². The summed E-state index contributed by atoms with van der Waals surface area (Å²) in [6.45, 7) is 3.60. The van der Waals surface area contributed by atoms with Crippen LogP contribution in [0.25, 0.3) is 0 Å². The molecule has 1 unspecified atom stereocenters. The van der Waals surface area contributed by atoms with Gasteiger partial charge in [0, 0.05) is 18.7 Å². The van der Waals surface area contributed by atoms with Gasteiger partial charge in [0.25, 0.3) is 0 Å².